The van der Waals surface area contributed by atoms with Gasteiger partial charge in [-0.1, -0.05) is 6.07 Å². The molecule has 1 aromatic rings. The largest absolute Gasteiger partial charge is 0.507 e. The van der Waals surface area contributed by atoms with Gasteiger partial charge in [-0.2, -0.15) is 0 Å². The van der Waals surface area contributed by atoms with Crippen molar-refractivity contribution in [3.05, 3.63) is 28.8 Å². The maximum Gasteiger partial charge on any atom is 0.235 e. The zero-order valence-corrected chi connectivity index (χ0v) is 22.1. The Balaban J connectivity index is 1.82. The highest BCUT2D eigenvalue weighted by Crippen LogP contribution is 2.51. The molecule has 0 heterocycles. The minimum absolute atomic E-state index is 0.0583. The van der Waals surface area contributed by atoms with Gasteiger partial charge in [-0.25, -0.2) is 10.0 Å². The van der Waals surface area contributed by atoms with Crippen molar-refractivity contribution >= 4 is 39.1 Å². The molecular weight excluding hydrogens is 484 g/mol. The Kier molecular flexibility index (Phi) is 6.46. The van der Waals surface area contributed by atoms with Gasteiger partial charge in [-0.3, -0.25) is 28.9 Å². The molecule has 3 aliphatic rings. The third-order valence-corrected chi connectivity index (χ3v) is 9.45. The van der Waals surface area contributed by atoms with Crippen molar-refractivity contribution < 1.29 is 34.2 Å². The first-order valence-electron chi connectivity index (χ1n) is 12.0. The number of aliphatic hydroxyl groups is 1. The summed E-state index contributed by atoms with van der Waals surface area (Å²) in [6, 6.07) is 2.16. The van der Waals surface area contributed by atoms with E-state index in [0.717, 1.165) is 11.3 Å². The number of carbonyl (C=O) groups excluding carboxylic acids is 5. The maximum absolute atomic E-state index is 13.8. The van der Waals surface area contributed by atoms with Gasteiger partial charge in [0.2, 0.25) is 5.91 Å². The molecule has 0 bridgehead atoms. The SMILES string of the molecule is CN(C)[C@@H]1C(=O)C(C(N)=O)C(=O)[C@@]2(O)C(=O)C3C(=O)c4c(O)ccc(CCS(C)(C)C)c4C[C@H]3C[C@@H]12. The Morgan fingerprint density at radius 2 is 1.78 bits per heavy atom. The smallest absolute Gasteiger partial charge is 0.235 e. The van der Waals surface area contributed by atoms with Crippen LogP contribution in [0.1, 0.15) is 27.9 Å². The molecule has 36 heavy (non-hydrogen) atoms. The Labute approximate surface area is 211 Å². The fraction of sp³-hybridized carbons (Fsp3) is 0.577. The first-order chi connectivity index (χ1) is 16.6. The molecule has 0 aliphatic heterocycles. The molecule has 0 spiro atoms. The average molecular weight is 519 g/mol. The van der Waals surface area contributed by atoms with Gasteiger partial charge in [-0.05, 0) is 81.0 Å². The van der Waals surface area contributed by atoms with Gasteiger partial charge in [0, 0.05) is 5.92 Å². The van der Waals surface area contributed by atoms with Gasteiger partial charge >= 0.3 is 0 Å². The number of aryl methyl sites for hydroxylation is 1. The summed E-state index contributed by atoms with van der Waals surface area (Å²) in [5.74, 6) is -9.20. The van der Waals surface area contributed by atoms with Crippen LogP contribution in [0.3, 0.4) is 0 Å². The molecular formula is C26H34N2O7S. The summed E-state index contributed by atoms with van der Waals surface area (Å²) < 4.78 is 0. The molecule has 2 unspecified atom stereocenters. The van der Waals surface area contributed by atoms with E-state index in [2.05, 4.69) is 18.8 Å². The standard InChI is InChI=1S/C26H34N2O7S/c1-28(2)20-15-11-13-10-14-12(8-9-36(3,4)5)6-7-16(29)18(14)21(30)17(13)23(32)26(15,35)24(33)19(22(20)31)25(27)34/h6-7,13,15,17,19-20,29,35H,8-11H2,1-5H3,(H2,27,34)/t13-,15-,17?,19?,20-,26-/m0/s1. The Morgan fingerprint density at radius 1 is 1.14 bits per heavy atom. The van der Waals surface area contributed by atoms with Crippen LogP contribution in [-0.2, 0) is 32.0 Å². The molecule has 3 aliphatic carbocycles. The number of nitrogens with zero attached hydrogens (tertiary/aromatic N) is 1. The molecule has 2 fully saturated rings. The minimum atomic E-state index is -2.69. The van der Waals surface area contributed by atoms with E-state index < -0.39 is 74.4 Å². The molecule has 1 amide bonds. The number of likely N-dealkylation sites (N-methyl/N-ethyl adjacent to an activating group) is 1. The number of rotatable bonds is 5. The summed E-state index contributed by atoms with van der Waals surface area (Å²) in [5.41, 5.74) is 4.32. The zero-order chi connectivity index (χ0) is 26.9. The molecule has 4 N–H and O–H groups in total. The van der Waals surface area contributed by atoms with Crippen LogP contribution in [-0.4, -0.2) is 94.4 Å². The second-order valence-electron chi connectivity index (χ2n) is 11.4. The summed E-state index contributed by atoms with van der Waals surface area (Å²) in [4.78, 5) is 67.4. The van der Waals surface area contributed by atoms with Gasteiger partial charge in [0.05, 0.1) is 17.5 Å². The van der Waals surface area contributed by atoms with Crippen molar-refractivity contribution in [2.24, 2.45) is 29.4 Å². The number of carbonyl (C=O) groups is 5. The number of nitrogens with two attached hydrogens (primary N) is 1. The van der Waals surface area contributed by atoms with E-state index in [9.17, 15) is 34.2 Å². The first kappa shape index (κ1) is 26.5. The summed E-state index contributed by atoms with van der Waals surface area (Å²) in [6.45, 7) is 0. The molecule has 0 aromatic heterocycles. The molecule has 4 rings (SSSR count). The number of primary amides is 1. The van der Waals surface area contributed by atoms with Gasteiger partial charge in [0.15, 0.2) is 34.7 Å². The molecule has 9 nitrogen and oxygen atoms in total. The van der Waals surface area contributed by atoms with Crippen LogP contribution in [0.4, 0.5) is 0 Å². The minimum Gasteiger partial charge on any atom is -0.507 e. The van der Waals surface area contributed by atoms with E-state index in [1.165, 1.54) is 11.0 Å². The predicted molar refractivity (Wildman–Crippen MR) is 135 cm³/mol. The quantitative estimate of drug-likeness (QED) is 0.464. The fourth-order valence-electron chi connectivity index (χ4n) is 6.32. The number of Topliss-reactive ketones (excluding diaryl/α,β-unsaturated/α-hetero) is 4. The third kappa shape index (κ3) is 3.90. The van der Waals surface area contributed by atoms with Crippen molar-refractivity contribution in [1.29, 1.82) is 0 Å². The second kappa shape index (κ2) is 8.78. The lowest BCUT2D eigenvalue weighted by atomic mass is 9.52. The number of fused-ring (bicyclic) bond motifs is 3. The van der Waals surface area contributed by atoms with E-state index in [0.29, 0.717) is 18.4 Å². The number of hydrogen-bond acceptors (Lipinski definition) is 8. The van der Waals surface area contributed by atoms with E-state index in [1.807, 2.05) is 6.07 Å². The number of amides is 1. The molecule has 196 valence electrons. The van der Waals surface area contributed by atoms with Gasteiger partial charge < -0.3 is 15.9 Å². The highest BCUT2D eigenvalue weighted by Gasteiger charge is 2.69. The number of aromatic hydroxyl groups is 1. The molecule has 1 aromatic carbocycles. The van der Waals surface area contributed by atoms with E-state index in [1.54, 1.807) is 14.1 Å². The molecule has 0 saturated heterocycles. The van der Waals surface area contributed by atoms with Gasteiger partial charge in [0.1, 0.15) is 5.75 Å². The number of phenolic OH excluding ortho intramolecular Hbond substituents is 1. The highest BCUT2D eigenvalue weighted by molar-refractivity contribution is 8.32. The van der Waals surface area contributed by atoms with E-state index in [-0.39, 0.29) is 17.7 Å². The van der Waals surface area contributed by atoms with Crippen molar-refractivity contribution in [2.75, 3.05) is 38.6 Å². The van der Waals surface area contributed by atoms with Crippen molar-refractivity contribution in [3.8, 4) is 5.75 Å². The first-order valence-corrected chi connectivity index (χ1v) is 15.0. The summed E-state index contributed by atoms with van der Waals surface area (Å²) in [6.07, 6.45) is 7.65. The maximum atomic E-state index is 13.8. The second-order valence-corrected chi connectivity index (χ2v) is 16.0. The topological polar surface area (TPSA) is 155 Å². The van der Waals surface area contributed by atoms with Crippen LogP contribution in [0.15, 0.2) is 12.1 Å². The average Bonchev–Trinajstić information content (AvgIpc) is 2.74. The Morgan fingerprint density at radius 3 is 2.33 bits per heavy atom. The van der Waals surface area contributed by atoms with Crippen molar-refractivity contribution in [2.45, 2.75) is 30.9 Å². The van der Waals surface area contributed by atoms with Crippen LogP contribution in [0.5, 0.6) is 5.75 Å². The third-order valence-electron chi connectivity index (χ3n) is 8.03. The number of phenols is 1. The fourth-order valence-corrected chi connectivity index (χ4v) is 7.15. The molecule has 10 heteroatoms. The number of ketones is 4. The van der Waals surface area contributed by atoms with Crippen LogP contribution >= 0.6 is 10.0 Å². The lowest BCUT2D eigenvalue weighted by Crippen LogP contribution is -2.74. The normalized spacial score (nSPS) is 32.7. The summed E-state index contributed by atoms with van der Waals surface area (Å²) >= 11 is 0. The monoisotopic (exact) mass is 518 g/mol. The predicted octanol–water partition coefficient (Wildman–Crippen LogP) is 0.104. The van der Waals surface area contributed by atoms with Gasteiger partial charge in [0.25, 0.3) is 0 Å². The number of benzene rings is 1. The molecule has 0 radical (unpaired) electrons. The Bertz CT molecular complexity index is 1190. The van der Waals surface area contributed by atoms with Crippen LogP contribution < -0.4 is 5.73 Å². The van der Waals surface area contributed by atoms with E-state index >= 15 is 0 Å². The van der Waals surface area contributed by atoms with Crippen LogP contribution in [0.2, 0.25) is 0 Å². The van der Waals surface area contributed by atoms with Crippen molar-refractivity contribution in [3.63, 3.8) is 0 Å². The lowest BCUT2D eigenvalue weighted by molar-refractivity contribution is -0.181. The summed E-state index contributed by atoms with van der Waals surface area (Å²) in [7, 11) is 2.32. The van der Waals surface area contributed by atoms with Gasteiger partial charge in [-0.15, -0.1) is 0 Å². The number of hydrogen-bond donors (Lipinski definition) is 3. The zero-order valence-electron chi connectivity index (χ0n) is 21.2. The van der Waals surface area contributed by atoms with Crippen LogP contribution in [0, 0.1) is 23.7 Å². The Hall–Kier alpha value is -2.56. The molecule has 2 saturated carbocycles. The summed E-state index contributed by atoms with van der Waals surface area (Å²) in [5, 5.41) is 22.2. The highest BCUT2D eigenvalue weighted by atomic mass is 32.3. The van der Waals surface area contributed by atoms with Crippen LogP contribution in [0.25, 0.3) is 0 Å². The lowest BCUT2D eigenvalue weighted by Gasteiger charge is -2.52. The molecule has 6 atom stereocenters. The van der Waals surface area contributed by atoms with Crippen molar-refractivity contribution in [1.82, 2.24) is 4.90 Å². The van der Waals surface area contributed by atoms with E-state index in [4.69, 9.17) is 5.73 Å².